The fourth-order valence-electron chi connectivity index (χ4n) is 21.2. The molecule has 0 spiro atoms. The van der Waals surface area contributed by atoms with E-state index in [4.69, 9.17) is 14.2 Å². The number of amides is 1. The van der Waals surface area contributed by atoms with E-state index in [1.54, 1.807) is 0 Å². The van der Waals surface area contributed by atoms with Gasteiger partial charge in [0.15, 0.2) is 0 Å². The van der Waals surface area contributed by atoms with Crippen molar-refractivity contribution in [2.24, 2.45) is 11.3 Å². The van der Waals surface area contributed by atoms with Gasteiger partial charge in [-0.15, -0.1) is 0 Å². The molecule has 8 heterocycles. The van der Waals surface area contributed by atoms with Crippen LogP contribution in [0.1, 0.15) is 152 Å². The van der Waals surface area contributed by atoms with Gasteiger partial charge in [0.25, 0.3) is 0 Å². The lowest BCUT2D eigenvalue weighted by atomic mass is 9.77. The third-order valence-corrected chi connectivity index (χ3v) is 33.5. The minimum atomic E-state index is -1.12. The van der Waals surface area contributed by atoms with E-state index in [9.17, 15) is 20.1 Å². The first-order valence-electron chi connectivity index (χ1n) is 45.9. The van der Waals surface area contributed by atoms with Crippen LogP contribution in [-0.2, 0) is 32.0 Å². The van der Waals surface area contributed by atoms with Gasteiger partial charge in [-0.2, -0.15) is 0 Å². The molecule has 16 aromatic rings. The summed E-state index contributed by atoms with van der Waals surface area (Å²) in [5, 5.41) is 42.6. The largest absolute Gasteiger partial charge is 0.444 e. The topological polar surface area (TPSA) is 132 Å². The summed E-state index contributed by atoms with van der Waals surface area (Å²) in [6.07, 6.45) is 13.8. The number of likely N-dealkylation sites (tertiary alicyclic amines) is 2. The van der Waals surface area contributed by atoms with E-state index in [0.717, 1.165) is 152 Å². The first kappa shape index (κ1) is 98.8. The van der Waals surface area contributed by atoms with Gasteiger partial charge in [-0.25, -0.2) is 4.79 Å². The van der Waals surface area contributed by atoms with Crippen molar-refractivity contribution in [2.75, 3.05) is 66.3 Å². The highest BCUT2D eigenvalue weighted by Gasteiger charge is 2.45. The molecule has 4 saturated heterocycles. The second-order valence-electron chi connectivity index (χ2n) is 38.0. The molecule has 23 rings (SSSR count). The van der Waals surface area contributed by atoms with Crippen LogP contribution in [0, 0.1) is 11.3 Å². The van der Waals surface area contributed by atoms with Crippen LogP contribution < -0.4 is 0 Å². The number of aromatic nitrogens is 4. The number of rotatable bonds is 9. The molecule has 4 aliphatic heterocycles. The van der Waals surface area contributed by atoms with Gasteiger partial charge in [0.2, 0.25) is 0 Å². The number of ether oxygens (including phenoxy) is 3. The van der Waals surface area contributed by atoms with Crippen molar-refractivity contribution < 1.29 is 34.3 Å². The molecule has 3 aliphatic carbocycles. The molecule has 3 N–H and O–H groups in total. The van der Waals surface area contributed by atoms with Gasteiger partial charge in [0, 0.05) is 166 Å². The molecule has 1 amide bonds. The quantitative estimate of drug-likeness (QED) is 0.130. The average molecular weight is 2570 g/mol. The predicted octanol–water partition coefficient (Wildman–Crippen LogP) is 33.7. The zero-order valence-electron chi connectivity index (χ0n) is 75.1. The first-order chi connectivity index (χ1) is 64.3. The Kier molecular flexibility index (Phi) is 30.7. The lowest BCUT2D eigenvalue weighted by Crippen LogP contribution is -2.43. The monoisotopic (exact) mass is 2560 g/mol. The molecule has 0 radical (unpaired) electrons. The number of nitrogens with zero attached hydrogens (tertiary/aromatic N) is 6. The Hall–Kier alpha value is -5.37. The summed E-state index contributed by atoms with van der Waals surface area (Å²) < 4.78 is 39.3. The smallest absolute Gasteiger partial charge is 0.410 e. The van der Waals surface area contributed by atoms with Crippen LogP contribution in [0.3, 0.4) is 0 Å². The normalized spacial score (nSPS) is 17.1. The third kappa shape index (κ3) is 20.8. The number of benzene rings is 12. The zero-order valence-corrected chi connectivity index (χ0v) is 94.1. The lowest BCUT2D eigenvalue weighted by Gasteiger charge is -2.38. The highest BCUT2D eigenvalue weighted by atomic mass is 79.9. The van der Waals surface area contributed by atoms with E-state index in [2.05, 4.69) is 410 Å². The minimum Gasteiger partial charge on any atom is -0.444 e. The number of hydrogen-bond acceptors (Lipinski definition) is 8. The standard InChI is InChI=1S/C22H24Br2N2O2.C20H20Br2O.C18H18Br2N2.2C17H15Br2NO.C15H12Br2O2/c1-22(2,3)28-21(27)25-10-8-16(9-11-25)26-19-12-14(23)4-6-17(19)18-7-5-15(24)13-20(18)26;21-14-6-8-16-17-9-7-15(22)11-19(17)20(23,18(16)10-14)12-13-4-2-1-3-5-13;1-21-8-6-14(7-9-21)22-17-10-12(19)2-4-15(17)16-5-3-13(20)11-18(16)22;1-17(9-21-10-17)8-20-15-6-11(18)2-4-13(15)14-5-3-12(19)7-16(14)20;18-11-1-3-14-15-4-2-12(19)10-17(15)20(16(14)9-11)13-5-7-21-8-6-13;16-9-1-3-11-12-4-2-10(17)8-14(12)15(19,5-6-18)13(11)7-9/h4-7,12-13,16H,8-11H2,1-3H3;6-11,13,23H,1-5,12H2;2-5,10-11,14H,6-9H2,1H3;2-7H,8-10H2,1H3;1-4,9-10,13H,5-8H2;1-4,7-8,18-19H,5-6H2. The van der Waals surface area contributed by atoms with Gasteiger partial charge in [-0.3, -0.25) is 0 Å². The Morgan fingerprint density at radius 3 is 0.963 bits per heavy atom. The summed E-state index contributed by atoms with van der Waals surface area (Å²) in [5.41, 5.74) is 16.4. The van der Waals surface area contributed by atoms with Gasteiger partial charge < -0.3 is 57.6 Å². The number of carbonyl (C=O) groups is 1. The van der Waals surface area contributed by atoms with Crippen LogP contribution >= 0.6 is 191 Å². The van der Waals surface area contributed by atoms with Crippen molar-refractivity contribution in [1.82, 2.24) is 28.1 Å². The van der Waals surface area contributed by atoms with Crippen molar-refractivity contribution in [3.05, 3.63) is 294 Å². The summed E-state index contributed by atoms with van der Waals surface area (Å²) in [7, 11) is 2.22. The summed E-state index contributed by atoms with van der Waals surface area (Å²) >= 11 is 43.0. The molecule has 25 heteroatoms. The molecular weight excluding hydrogens is 2460 g/mol. The molecule has 13 nitrogen and oxygen atoms in total. The molecule has 0 unspecified atom stereocenters. The van der Waals surface area contributed by atoms with Crippen molar-refractivity contribution in [3.8, 4) is 22.3 Å². The Morgan fingerprint density at radius 1 is 0.373 bits per heavy atom. The van der Waals surface area contributed by atoms with Crippen molar-refractivity contribution in [1.29, 1.82) is 0 Å². The molecule has 0 bridgehead atoms. The maximum atomic E-state index is 12.4. The van der Waals surface area contributed by atoms with E-state index in [-0.39, 0.29) is 18.1 Å². The van der Waals surface area contributed by atoms with Crippen LogP contribution in [0.4, 0.5) is 4.79 Å². The third-order valence-electron chi connectivity index (χ3n) is 27.6. The fourth-order valence-corrected chi connectivity index (χ4v) is 25.5. The van der Waals surface area contributed by atoms with Gasteiger partial charge in [-0.1, -0.05) is 303 Å². The van der Waals surface area contributed by atoms with E-state index >= 15 is 0 Å². The molecule has 1 saturated carbocycles. The Bertz CT molecular complexity index is 6790. The number of carbonyl (C=O) groups excluding carboxylic acids is 1. The molecule has 4 aromatic heterocycles. The molecule has 5 fully saturated rings. The average Bonchev–Trinajstić information content (AvgIpc) is 1.57. The van der Waals surface area contributed by atoms with Gasteiger partial charge >= 0.3 is 6.09 Å². The SMILES string of the molecule is Brc1ccc2c3ccc(Br)cc3n(C3CCOCC3)c2c1.CC(C)(C)OC(=O)N1CCC(n2c3cc(Br)ccc3c3ccc(Br)cc32)CC1.CC1(Cn2c3cc(Br)ccc3c3ccc(Br)cc32)COC1.CN1CCC(n2c3cc(Br)ccc3c3ccc(Br)cc32)CC1.OC1(CC2CCCCC2)c2cc(Br)ccc2-c2ccc(Br)cc21.OCCC1(O)c2cc(Br)ccc2-c2ccc(Br)cc21. The van der Waals surface area contributed by atoms with E-state index < -0.39 is 16.8 Å². The Morgan fingerprint density at radius 2 is 0.657 bits per heavy atom. The number of aliphatic hydroxyl groups is 3. The number of aliphatic hydroxyl groups excluding tert-OH is 1. The molecule has 696 valence electrons. The second-order valence-corrected chi connectivity index (χ2v) is 49.0. The van der Waals surface area contributed by atoms with Crippen molar-refractivity contribution in [2.45, 2.75) is 153 Å². The maximum absolute atomic E-state index is 12.4. The second kappa shape index (κ2) is 41.7. The van der Waals surface area contributed by atoms with Crippen LogP contribution in [0.2, 0.25) is 0 Å². The van der Waals surface area contributed by atoms with Crippen LogP contribution in [0.5, 0.6) is 0 Å². The van der Waals surface area contributed by atoms with Crippen molar-refractivity contribution >= 4 is 284 Å². The first-order valence-corrected chi connectivity index (χ1v) is 55.4. The van der Waals surface area contributed by atoms with Crippen LogP contribution in [0.25, 0.3) is 109 Å². The molecule has 12 aromatic carbocycles. The highest BCUT2D eigenvalue weighted by Crippen LogP contribution is 2.55. The van der Waals surface area contributed by atoms with Gasteiger partial charge in [0.1, 0.15) is 16.8 Å². The molecule has 7 aliphatic rings. The minimum absolute atomic E-state index is 0.0611. The zero-order chi connectivity index (χ0) is 94.0. The van der Waals surface area contributed by atoms with Gasteiger partial charge in [-0.05, 0) is 282 Å². The van der Waals surface area contributed by atoms with Crippen molar-refractivity contribution in [3.63, 3.8) is 0 Å². The Labute approximate surface area is 883 Å². The number of fused-ring (bicyclic) bond motifs is 18. The van der Waals surface area contributed by atoms with Crippen LogP contribution in [0.15, 0.2) is 272 Å². The number of halogens is 12. The summed E-state index contributed by atoms with van der Waals surface area (Å²) in [5.74, 6) is 0.616. The summed E-state index contributed by atoms with van der Waals surface area (Å²) in [6, 6.07) is 78.3. The van der Waals surface area contributed by atoms with Gasteiger partial charge in [0.05, 0.1) is 57.3 Å². The van der Waals surface area contributed by atoms with Crippen LogP contribution in [-0.4, -0.2) is 121 Å². The fraction of sp³-hybridized carbons (Fsp3) is 0.330. The molecule has 134 heavy (non-hydrogen) atoms. The molecular formula is C109H104Br12N6O7. The van der Waals surface area contributed by atoms with E-state index in [0.29, 0.717) is 43.6 Å². The molecule has 0 atom stereocenters. The number of hydrogen-bond donors (Lipinski definition) is 3. The summed E-state index contributed by atoms with van der Waals surface area (Å²) in [4.78, 5) is 16.7. The van der Waals surface area contributed by atoms with E-state index in [1.165, 1.54) is 156 Å². The Balaban J connectivity index is 0.000000108. The summed E-state index contributed by atoms with van der Waals surface area (Å²) in [6.45, 7) is 16.1. The maximum Gasteiger partial charge on any atom is 0.410 e. The predicted molar refractivity (Wildman–Crippen MR) is 593 cm³/mol. The number of piperidine rings is 2. The van der Waals surface area contributed by atoms with E-state index in [1.807, 2.05) is 62.1 Å². The highest BCUT2D eigenvalue weighted by molar-refractivity contribution is 9.12. The lowest BCUT2D eigenvalue weighted by molar-refractivity contribution is -0.109.